The Bertz CT molecular complexity index is 506. The van der Waals surface area contributed by atoms with Gasteiger partial charge in [0.25, 0.3) is 0 Å². The molecule has 0 bridgehead atoms. The smallest absolute Gasteiger partial charge is 0.133 e. The molecule has 0 radical (unpaired) electrons. The van der Waals surface area contributed by atoms with Gasteiger partial charge in [-0.15, -0.1) is 0 Å². The Morgan fingerprint density at radius 2 is 1.88 bits per heavy atom. The van der Waals surface area contributed by atoms with E-state index >= 15 is 0 Å². The minimum absolute atomic E-state index is 0.162. The van der Waals surface area contributed by atoms with Gasteiger partial charge in [-0.1, -0.05) is 35.9 Å². The van der Waals surface area contributed by atoms with Crippen molar-refractivity contribution in [1.29, 1.82) is 0 Å². The fourth-order valence-corrected chi connectivity index (χ4v) is 1.48. The summed E-state index contributed by atoms with van der Waals surface area (Å²) in [6.45, 7) is 0. The molecule has 0 amide bonds. The number of pyridine rings is 1. The van der Waals surface area contributed by atoms with Crippen molar-refractivity contribution in [3.63, 3.8) is 0 Å². The summed E-state index contributed by atoms with van der Waals surface area (Å²) in [5, 5.41) is 9.78. The van der Waals surface area contributed by atoms with Gasteiger partial charge in [0.2, 0.25) is 0 Å². The Morgan fingerprint density at radius 1 is 1.06 bits per heavy atom. The maximum atomic E-state index is 9.08. The van der Waals surface area contributed by atoms with Crippen LogP contribution in [0.4, 0.5) is 0 Å². The minimum atomic E-state index is 0.162. The van der Waals surface area contributed by atoms with Crippen LogP contribution in [0.25, 0.3) is 12.2 Å². The third kappa shape index (κ3) is 2.61. The van der Waals surface area contributed by atoms with E-state index in [0.29, 0.717) is 5.02 Å². The highest BCUT2D eigenvalue weighted by molar-refractivity contribution is 6.32. The molecular weight excluding hydrogens is 222 g/mol. The number of benzene rings is 1. The fraction of sp³-hybridized carbons (Fsp3) is 0. The molecule has 0 saturated heterocycles. The van der Waals surface area contributed by atoms with E-state index in [1.54, 1.807) is 12.1 Å². The second-order valence-electron chi connectivity index (χ2n) is 3.30. The standard InChI is InChI=1S/C13H10ClNO/c14-13-4-2-1-3-10(13)5-6-11-7-8-12(16)9-15-11/h1-9,16H/b6-5+. The van der Waals surface area contributed by atoms with E-state index in [9.17, 15) is 0 Å². The van der Waals surface area contributed by atoms with Crippen molar-refractivity contribution in [3.8, 4) is 5.75 Å². The van der Waals surface area contributed by atoms with E-state index in [4.69, 9.17) is 16.7 Å². The van der Waals surface area contributed by atoms with Gasteiger partial charge in [-0.3, -0.25) is 4.98 Å². The van der Waals surface area contributed by atoms with E-state index in [2.05, 4.69) is 4.98 Å². The lowest BCUT2D eigenvalue weighted by Crippen LogP contribution is -1.78. The van der Waals surface area contributed by atoms with E-state index < -0.39 is 0 Å². The molecule has 1 heterocycles. The molecule has 1 aromatic carbocycles. The molecule has 0 fully saturated rings. The number of hydrogen-bond acceptors (Lipinski definition) is 2. The second-order valence-corrected chi connectivity index (χ2v) is 3.70. The zero-order valence-corrected chi connectivity index (χ0v) is 9.22. The number of aromatic hydroxyl groups is 1. The molecule has 0 saturated carbocycles. The summed E-state index contributed by atoms with van der Waals surface area (Å²) in [7, 11) is 0. The molecule has 0 aliphatic heterocycles. The van der Waals surface area contributed by atoms with E-state index in [1.807, 2.05) is 36.4 Å². The van der Waals surface area contributed by atoms with Crippen molar-refractivity contribution in [2.75, 3.05) is 0 Å². The molecule has 2 rings (SSSR count). The number of hydrogen-bond donors (Lipinski definition) is 1. The SMILES string of the molecule is Oc1ccc(/C=C/c2ccccc2Cl)nc1. The van der Waals surface area contributed by atoms with Gasteiger partial charge in [0.15, 0.2) is 0 Å². The van der Waals surface area contributed by atoms with Crippen LogP contribution in [-0.4, -0.2) is 10.1 Å². The molecular formula is C13H10ClNO. The van der Waals surface area contributed by atoms with Crippen LogP contribution in [-0.2, 0) is 0 Å². The third-order valence-electron chi connectivity index (χ3n) is 2.11. The molecule has 2 aromatic rings. The summed E-state index contributed by atoms with van der Waals surface area (Å²) in [6, 6.07) is 10.9. The topological polar surface area (TPSA) is 33.1 Å². The van der Waals surface area contributed by atoms with Crippen LogP contribution in [0.3, 0.4) is 0 Å². The molecule has 0 unspecified atom stereocenters. The molecule has 16 heavy (non-hydrogen) atoms. The first-order chi connectivity index (χ1) is 7.75. The number of nitrogens with zero attached hydrogens (tertiary/aromatic N) is 1. The van der Waals surface area contributed by atoms with Crippen molar-refractivity contribution in [1.82, 2.24) is 4.98 Å². The lowest BCUT2D eigenvalue weighted by atomic mass is 10.2. The third-order valence-corrected chi connectivity index (χ3v) is 2.45. The summed E-state index contributed by atoms with van der Waals surface area (Å²) in [5.74, 6) is 0.162. The van der Waals surface area contributed by atoms with Crippen molar-refractivity contribution in [3.05, 3.63) is 58.9 Å². The molecule has 2 nitrogen and oxygen atoms in total. The molecule has 3 heteroatoms. The fourth-order valence-electron chi connectivity index (χ4n) is 1.28. The average Bonchev–Trinajstić information content (AvgIpc) is 2.30. The molecule has 0 aliphatic rings. The van der Waals surface area contributed by atoms with Gasteiger partial charge in [0.05, 0.1) is 11.9 Å². The van der Waals surface area contributed by atoms with Gasteiger partial charge < -0.3 is 5.11 Å². The molecule has 0 spiro atoms. The maximum absolute atomic E-state index is 9.08. The quantitative estimate of drug-likeness (QED) is 0.857. The minimum Gasteiger partial charge on any atom is -0.506 e. The van der Waals surface area contributed by atoms with Gasteiger partial charge in [0, 0.05) is 5.02 Å². The molecule has 1 N–H and O–H groups in total. The zero-order valence-electron chi connectivity index (χ0n) is 8.47. The first-order valence-corrected chi connectivity index (χ1v) is 5.21. The lowest BCUT2D eigenvalue weighted by Gasteiger charge is -1.97. The van der Waals surface area contributed by atoms with Crippen LogP contribution in [0.5, 0.6) is 5.75 Å². The number of aromatic nitrogens is 1. The van der Waals surface area contributed by atoms with Crippen molar-refractivity contribution >= 4 is 23.8 Å². The predicted molar refractivity (Wildman–Crippen MR) is 66.3 cm³/mol. The molecule has 1 aromatic heterocycles. The summed E-state index contributed by atoms with van der Waals surface area (Å²) in [6.07, 6.45) is 5.15. The van der Waals surface area contributed by atoms with Crippen LogP contribution in [0.15, 0.2) is 42.6 Å². The highest BCUT2D eigenvalue weighted by atomic mass is 35.5. The first kappa shape index (κ1) is 10.7. The van der Waals surface area contributed by atoms with Gasteiger partial charge in [-0.05, 0) is 29.8 Å². The van der Waals surface area contributed by atoms with Crippen molar-refractivity contribution < 1.29 is 5.11 Å². The van der Waals surface area contributed by atoms with Gasteiger partial charge >= 0.3 is 0 Å². The molecule has 0 atom stereocenters. The van der Waals surface area contributed by atoms with Gasteiger partial charge in [0.1, 0.15) is 5.75 Å². The number of halogens is 1. The van der Waals surface area contributed by atoms with Crippen LogP contribution < -0.4 is 0 Å². The van der Waals surface area contributed by atoms with Gasteiger partial charge in [-0.25, -0.2) is 0 Å². The normalized spacial score (nSPS) is 10.8. The average molecular weight is 232 g/mol. The lowest BCUT2D eigenvalue weighted by molar-refractivity contribution is 0.472. The summed E-state index contributed by atoms with van der Waals surface area (Å²) < 4.78 is 0. The molecule has 80 valence electrons. The predicted octanol–water partition coefficient (Wildman–Crippen LogP) is 3.61. The Labute approximate surface area is 98.8 Å². The van der Waals surface area contributed by atoms with E-state index in [-0.39, 0.29) is 5.75 Å². The Kier molecular flexibility index (Phi) is 3.22. The van der Waals surface area contributed by atoms with E-state index in [0.717, 1.165) is 11.3 Å². The van der Waals surface area contributed by atoms with Gasteiger partial charge in [-0.2, -0.15) is 0 Å². The van der Waals surface area contributed by atoms with Crippen LogP contribution in [0, 0.1) is 0 Å². The highest BCUT2D eigenvalue weighted by Gasteiger charge is 1.94. The largest absolute Gasteiger partial charge is 0.506 e. The Morgan fingerprint density at radius 3 is 2.56 bits per heavy atom. The Balaban J connectivity index is 2.21. The number of rotatable bonds is 2. The highest BCUT2D eigenvalue weighted by Crippen LogP contribution is 2.17. The molecule has 0 aliphatic carbocycles. The Hall–Kier alpha value is -1.80. The first-order valence-electron chi connectivity index (χ1n) is 4.83. The second kappa shape index (κ2) is 4.81. The van der Waals surface area contributed by atoms with Crippen LogP contribution >= 0.6 is 11.6 Å². The van der Waals surface area contributed by atoms with E-state index in [1.165, 1.54) is 6.20 Å². The van der Waals surface area contributed by atoms with Crippen molar-refractivity contribution in [2.24, 2.45) is 0 Å². The summed E-state index contributed by atoms with van der Waals surface area (Å²) >= 11 is 6.00. The van der Waals surface area contributed by atoms with Crippen molar-refractivity contribution in [2.45, 2.75) is 0 Å². The van der Waals surface area contributed by atoms with Crippen LogP contribution in [0.1, 0.15) is 11.3 Å². The van der Waals surface area contributed by atoms with Crippen LogP contribution in [0.2, 0.25) is 5.02 Å². The summed E-state index contributed by atoms with van der Waals surface area (Å²) in [5.41, 5.74) is 1.72. The maximum Gasteiger partial charge on any atom is 0.133 e. The summed E-state index contributed by atoms with van der Waals surface area (Å²) in [4.78, 5) is 4.04. The zero-order chi connectivity index (χ0) is 11.4. The monoisotopic (exact) mass is 231 g/mol.